The topological polar surface area (TPSA) is 9.23 Å². The summed E-state index contributed by atoms with van der Waals surface area (Å²) in [4.78, 5) is 0. The van der Waals surface area contributed by atoms with Crippen LogP contribution in [0, 0.1) is 17.6 Å². The largest absolute Gasteiger partial charge is 0.491 e. The Morgan fingerprint density at radius 1 is 1.23 bits per heavy atom. The number of hydrogen-bond donors (Lipinski definition) is 0. The highest BCUT2D eigenvalue weighted by Gasteiger charge is 2.27. The van der Waals surface area contributed by atoms with Crippen molar-refractivity contribution < 1.29 is 13.5 Å². The minimum absolute atomic E-state index is 0.00112. The lowest BCUT2D eigenvalue weighted by atomic mass is 10.1. The average Bonchev–Trinajstić information content (AvgIpc) is 2.53. The van der Waals surface area contributed by atoms with Crippen molar-refractivity contribution in [2.45, 2.75) is 31.3 Å². The van der Waals surface area contributed by atoms with Crippen LogP contribution < -0.4 is 4.74 Å². The number of halogens is 2. The maximum absolute atomic E-state index is 14.2. The average molecular weight is 344 g/mol. The van der Waals surface area contributed by atoms with E-state index in [-0.39, 0.29) is 10.3 Å². The van der Waals surface area contributed by atoms with Gasteiger partial charge < -0.3 is 4.74 Å². The Morgan fingerprint density at radius 2 is 1.95 bits per heavy atom. The standard InChI is InChI=1S/C17H22F2OS2/c1-3-5-6-7-12-10-21-17(22-11-12)13-8-9-14(20-4-2)16(19)15(13)18/h3,5,8-9,12,17H,4,6-7,10-11H2,1-2H3. The summed E-state index contributed by atoms with van der Waals surface area (Å²) in [5.41, 5.74) is 0.447. The molecule has 0 radical (unpaired) electrons. The zero-order chi connectivity index (χ0) is 15.9. The van der Waals surface area contributed by atoms with E-state index in [2.05, 4.69) is 12.2 Å². The normalized spacial score (nSPS) is 22.2. The van der Waals surface area contributed by atoms with E-state index < -0.39 is 11.6 Å². The van der Waals surface area contributed by atoms with Crippen molar-refractivity contribution in [1.29, 1.82) is 0 Å². The lowest BCUT2D eigenvalue weighted by Gasteiger charge is -2.28. The van der Waals surface area contributed by atoms with Crippen LogP contribution in [0.3, 0.4) is 0 Å². The van der Waals surface area contributed by atoms with Crippen molar-refractivity contribution in [2.75, 3.05) is 18.1 Å². The lowest BCUT2D eigenvalue weighted by Crippen LogP contribution is -2.15. The molecular weight excluding hydrogens is 322 g/mol. The third-order valence-electron chi connectivity index (χ3n) is 3.57. The number of rotatable bonds is 6. The fourth-order valence-electron chi connectivity index (χ4n) is 2.38. The van der Waals surface area contributed by atoms with Gasteiger partial charge >= 0.3 is 0 Å². The third-order valence-corrected chi connectivity index (χ3v) is 6.83. The van der Waals surface area contributed by atoms with Crippen molar-refractivity contribution >= 4 is 23.5 Å². The first-order valence-electron chi connectivity index (χ1n) is 7.62. The molecule has 0 N–H and O–H groups in total. The highest BCUT2D eigenvalue weighted by atomic mass is 32.2. The third kappa shape index (κ3) is 4.42. The molecule has 0 amide bonds. The molecule has 1 saturated heterocycles. The molecule has 1 aromatic rings. The van der Waals surface area contributed by atoms with Gasteiger partial charge in [-0.15, -0.1) is 23.5 Å². The monoisotopic (exact) mass is 344 g/mol. The summed E-state index contributed by atoms with van der Waals surface area (Å²) in [5.74, 6) is 1.03. The van der Waals surface area contributed by atoms with Crippen molar-refractivity contribution in [2.24, 2.45) is 5.92 Å². The fourth-order valence-corrected chi connectivity index (χ4v) is 5.58. The Morgan fingerprint density at radius 3 is 2.59 bits per heavy atom. The highest BCUT2D eigenvalue weighted by molar-refractivity contribution is 8.16. The van der Waals surface area contributed by atoms with E-state index in [4.69, 9.17) is 4.74 Å². The molecule has 1 aromatic carbocycles. The van der Waals surface area contributed by atoms with Crippen molar-refractivity contribution in [1.82, 2.24) is 0 Å². The second kappa shape index (κ2) is 8.82. The van der Waals surface area contributed by atoms with E-state index in [1.807, 2.05) is 6.92 Å². The van der Waals surface area contributed by atoms with Gasteiger partial charge in [0.25, 0.3) is 0 Å². The molecule has 0 saturated carbocycles. The van der Waals surface area contributed by atoms with E-state index >= 15 is 0 Å². The molecule has 1 fully saturated rings. The summed E-state index contributed by atoms with van der Waals surface area (Å²) in [5, 5.41) is 0. The Hall–Kier alpha value is -0.680. The van der Waals surface area contributed by atoms with Crippen LogP contribution in [-0.2, 0) is 0 Å². The molecule has 2 rings (SSSR count). The van der Waals surface area contributed by atoms with Gasteiger partial charge in [-0.1, -0.05) is 18.2 Å². The first kappa shape index (κ1) is 17.7. The molecule has 5 heteroatoms. The lowest BCUT2D eigenvalue weighted by molar-refractivity contribution is 0.313. The molecule has 0 unspecified atom stereocenters. The van der Waals surface area contributed by atoms with Crippen molar-refractivity contribution in [3.63, 3.8) is 0 Å². The molecule has 0 aromatic heterocycles. The van der Waals surface area contributed by atoms with Gasteiger partial charge in [-0.05, 0) is 50.2 Å². The minimum Gasteiger partial charge on any atom is -0.491 e. The first-order valence-corrected chi connectivity index (χ1v) is 9.72. The van der Waals surface area contributed by atoms with Gasteiger partial charge in [-0.3, -0.25) is 0 Å². The van der Waals surface area contributed by atoms with Gasteiger partial charge in [-0.25, -0.2) is 4.39 Å². The first-order chi connectivity index (χ1) is 10.7. The minimum atomic E-state index is -0.865. The number of ether oxygens (including phenoxy) is 1. The predicted molar refractivity (Wildman–Crippen MR) is 92.7 cm³/mol. The molecule has 1 aliphatic heterocycles. The maximum Gasteiger partial charge on any atom is 0.200 e. The molecule has 1 nitrogen and oxygen atoms in total. The number of thioether (sulfide) groups is 2. The van der Waals surface area contributed by atoms with E-state index in [9.17, 15) is 8.78 Å². The van der Waals surface area contributed by atoms with Crippen LogP contribution in [-0.4, -0.2) is 18.1 Å². The maximum atomic E-state index is 14.2. The van der Waals surface area contributed by atoms with E-state index in [0.29, 0.717) is 18.1 Å². The van der Waals surface area contributed by atoms with Gasteiger partial charge in [0.15, 0.2) is 11.6 Å². The predicted octanol–water partition coefficient (Wildman–Crippen LogP) is 5.81. The van der Waals surface area contributed by atoms with Crippen LogP contribution in [0.1, 0.15) is 36.8 Å². The van der Waals surface area contributed by atoms with Crippen LogP contribution in [0.5, 0.6) is 5.75 Å². The molecule has 0 bridgehead atoms. The SMILES string of the molecule is CC=CCCC1CSC(c2ccc(OCC)c(F)c2F)SC1. The second-order valence-corrected chi connectivity index (χ2v) is 7.80. The summed E-state index contributed by atoms with van der Waals surface area (Å²) in [7, 11) is 0. The molecular formula is C17H22F2OS2. The second-order valence-electron chi connectivity index (χ2n) is 5.22. The van der Waals surface area contributed by atoms with Gasteiger partial charge in [0, 0.05) is 5.56 Å². The summed E-state index contributed by atoms with van der Waals surface area (Å²) >= 11 is 3.43. The highest BCUT2D eigenvalue weighted by Crippen LogP contribution is 2.47. The number of allylic oxidation sites excluding steroid dienone is 2. The smallest absolute Gasteiger partial charge is 0.200 e. The van der Waals surface area contributed by atoms with Gasteiger partial charge in [0.2, 0.25) is 5.82 Å². The van der Waals surface area contributed by atoms with Crippen molar-refractivity contribution in [3.8, 4) is 5.75 Å². The summed E-state index contributed by atoms with van der Waals surface area (Å²) < 4.78 is 33.3. The molecule has 22 heavy (non-hydrogen) atoms. The van der Waals surface area contributed by atoms with Crippen LogP contribution in [0.4, 0.5) is 8.78 Å². The zero-order valence-electron chi connectivity index (χ0n) is 13.0. The van der Waals surface area contributed by atoms with Crippen LogP contribution in [0.2, 0.25) is 0 Å². The number of benzene rings is 1. The molecule has 1 heterocycles. The Balaban J connectivity index is 1.98. The van der Waals surface area contributed by atoms with Gasteiger partial charge in [-0.2, -0.15) is 4.39 Å². The zero-order valence-corrected chi connectivity index (χ0v) is 14.6. The Bertz CT molecular complexity index is 512. The van der Waals surface area contributed by atoms with Crippen LogP contribution in [0.25, 0.3) is 0 Å². The van der Waals surface area contributed by atoms with E-state index in [0.717, 1.165) is 24.3 Å². The summed E-state index contributed by atoms with van der Waals surface area (Å²) in [6.07, 6.45) is 6.52. The number of hydrogen-bond acceptors (Lipinski definition) is 3. The summed E-state index contributed by atoms with van der Waals surface area (Å²) in [6, 6.07) is 3.20. The van der Waals surface area contributed by atoms with E-state index in [1.54, 1.807) is 36.5 Å². The Labute approximate surface area is 139 Å². The summed E-state index contributed by atoms with van der Waals surface area (Å²) in [6.45, 7) is 4.12. The fraction of sp³-hybridized carbons (Fsp3) is 0.529. The van der Waals surface area contributed by atoms with E-state index in [1.165, 1.54) is 6.07 Å². The molecule has 1 aliphatic rings. The van der Waals surface area contributed by atoms with Gasteiger partial charge in [0.1, 0.15) is 0 Å². The van der Waals surface area contributed by atoms with Crippen molar-refractivity contribution in [3.05, 3.63) is 41.5 Å². The van der Waals surface area contributed by atoms with Crippen LogP contribution in [0.15, 0.2) is 24.3 Å². The molecule has 0 atom stereocenters. The quantitative estimate of drug-likeness (QED) is 0.602. The molecule has 0 spiro atoms. The van der Waals surface area contributed by atoms with Crippen LogP contribution >= 0.6 is 23.5 Å². The molecule has 122 valence electrons. The Kier molecular flexibility index (Phi) is 7.09. The molecule has 0 aliphatic carbocycles. The van der Waals surface area contributed by atoms with Gasteiger partial charge in [0.05, 0.1) is 11.2 Å².